The second-order valence-corrected chi connectivity index (χ2v) is 9.64. The van der Waals surface area contributed by atoms with Crippen LogP contribution in [0.4, 0.5) is 0 Å². The minimum atomic E-state index is 0.0187. The first-order valence-corrected chi connectivity index (χ1v) is 12.7. The first-order valence-electron chi connectivity index (χ1n) is 12.7. The summed E-state index contributed by atoms with van der Waals surface area (Å²) in [6.07, 6.45) is 9.74. The fourth-order valence-electron chi connectivity index (χ4n) is 5.44. The van der Waals surface area contributed by atoms with Gasteiger partial charge >= 0.3 is 0 Å². The molecule has 2 aliphatic heterocycles. The van der Waals surface area contributed by atoms with Crippen LogP contribution < -0.4 is 5.32 Å². The molecule has 0 bridgehead atoms. The van der Waals surface area contributed by atoms with Crippen molar-refractivity contribution in [1.29, 1.82) is 0 Å². The highest BCUT2D eigenvalue weighted by molar-refractivity contribution is 5.94. The number of carbonyl (C=O) groups is 1. The Morgan fingerprint density at radius 2 is 1.67 bits per heavy atom. The molecule has 0 aliphatic carbocycles. The standard InChI is InChI=1S/C28H36N4O/c33-28(24-8-5-22(6-9-24)25-10-7-23-11-15-29-27(23)21-25)30-14-4-16-31-19-12-26(13-20-31)32-17-2-1-3-18-32/h5-11,15,21,26,29H,1-4,12-14,16-20H2,(H,30,33). The van der Waals surface area contributed by atoms with Crippen LogP contribution in [0.2, 0.25) is 0 Å². The number of rotatable bonds is 7. The van der Waals surface area contributed by atoms with Gasteiger partial charge < -0.3 is 20.1 Å². The molecule has 1 amide bonds. The number of hydrogen-bond donors (Lipinski definition) is 2. The number of carbonyl (C=O) groups excluding carboxylic acids is 1. The number of aromatic amines is 1. The average Bonchev–Trinajstić information content (AvgIpc) is 3.35. The summed E-state index contributed by atoms with van der Waals surface area (Å²) in [4.78, 5) is 21.1. The fourth-order valence-corrected chi connectivity index (χ4v) is 5.44. The molecule has 3 heterocycles. The predicted octanol–water partition coefficient (Wildman–Crippen LogP) is 4.91. The first-order chi connectivity index (χ1) is 16.3. The van der Waals surface area contributed by atoms with E-state index in [0.717, 1.165) is 47.8 Å². The Morgan fingerprint density at radius 3 is 2.45 bits per heavy atom. The third-order valence-electron chi connectivity index (χ3n) is 7.44. The van der Waals surface area contributed by atoms with E-state index in [0.29, 0.717) is 0 Å². The van der Waals surface area contributed by atoms with Crippen LogP contribution in [0.15, 0.2) is 54.7 Å². The second kappa shape index (κ2) is 10.5. The van der Waals surface area contributed by atoms with Crippen LogP contribution in [0.5, 0.6) is 0 Å². The molecule has 0 unspecified atom stereocenters. The number of H-pyrrole nitrogens is 1. The van der Waals surface area contributed by atoms with E-state index in [9.17, 15) is 4.79 Å². The van der Waals surface area contributed by atoms with Gasteiger partial charge in [-0.2, -0.15) is 0 Å². The molecule has 174 valence electrons. The number of fused-ring (bicyclic) bond motifs is 1. The van der Waals surface area contributed by atoms with Crippen molar-refractivity contribution in [3.05, 3.63) is 60.3 Å². The predicted molar refractivity (Wildman–Crippen MR) is 136 cm³/mol. The zero-order valence-electron chi connectivity index (χ0n) is 19.6. The van der Waals surface area contributed by atoms with Crippen molar-refractivity contribution in [3.63, 3.8) is 0 Å². The fraction of sp³-hybridized carbons (Fsp3) is 0.464. The molecule has 5 heteroatoms. The molecule has 0 spiro atoms. The highest BCUT2D eigenvalue weighted by Gasteiger charge is 2.25. The Morgan fingerprint density at radius 1 is 0.909 bits per heavy atom. The SMILES string of the molecule is O=C(NCCCN1CCC(N2CCCCC2)CC1)c1ccc(-c2ccc3cc[nH]c3c2)cc1. The number of nitrogens with one attached hydrogen (secondary N) is 2. The molecule has 5 rings (SSSR count). The van der Waals surface area contributed by atoms with Crippen LogP contribution in [0.3, 0.4) is 0 Å². The zero-order chi connectivity index (χ0) is 22.5. The van der Waals surface area contributed by atoms with Crippen molar-refractivity contribution in [2.75, 3.05) is 39.3 Å². The molecule has 2 N–H and O–H groups in total. The van der Waals surface area contributed by atoms with Crippen LogP contribution in [0, 0.1) is 0 Å². The first kappa shape index (κ1) is 22.2. The quantitative estimate of drug-likeness (QED) is 0.510. The highest BCUT2D eigenvalue weighted by Crippen LogP contribution is 2.24. The van der Waals surface area contributed by atoms with E-state index in [1.54, 1.807) is 0 Å². The molecule has 2 aliphatic rings. The smallest absolute Gasteiger partial charge is 0.251 e. The van der Waals surface area contributed by atoms with E-state index in [1.807, 2.05) is 30.5 Å². The summed E-state index contributed by atoms with van der Waals surface area (Å²) < 4.78 is 0. The molecule has 3 aromatic rings. The molecule has 5 nitrogen and oxygen atoms in total. The lowest BCUT2D eigenvalue weighted by Crippen LogP contribution is -2.47. The van der Waals surface area contributed by atoms with Gasteiger partial charge in [-0.15, -0.1) is 0 Å². The number of benzene rings is 2. The molecule has 33 heavy (non-hydrogen) atoms. The molecule has 2 saturated heterocycles. The van der Waals surface area contributed by atoms with Gasteiger partial charge in [-0.1, -0.05) is 30.7 Å². The Labute approximate surface area is 197 Å². The Balaban J connectivity index is 1.04. The van der Waals surface area contributed by atoms with Gasteiger partial charge in [0.15, 0.2) is 0 Å². The van der Waals surface area contributed by atoms with E-state index in [1.165, 1.54) is 63.7 Å². The summed E-state index contributed by atoms with van der Waals surface area (Å²) in [7, 11) is 0. The molecule has 2 aromatic carbocycles. The van der Waals surface area contributed by atoms with E-state index in [4.69, 9.17) is 0 Å². The minimum Gasteiger partial charge on any atom is -0.361 e. The van der Waals surface area contributed by atoms with Crippen molar-refractivity contribution >= 4 is 16.8 Å². The average molecular weight is 445 g/mol. The molecule has 0 radical (unpaired) electrons. The van der Waals surface area contributed by atoms with E-state index >= 15 is 0 Å². The summed E-state index contributed by atoms with van der Waals surface area (Å²) in [6, 6.07) is 17.2. The topological polar surface area (TPSA) is 51.4 Å². The number of nitrogens with zero attached hydrogens (tertiary/aromatic N) is 2. The molecular formula is C28H36N4O. The molecular weight excluding hydrogens is 408 g/mol. The maximum Gasteiger partial charge on any atom is 0.251 e. The number of aromatic nitrogens is 1. The van der Waals surface area contributed by atoms with Crippen molar-refractivity contribution in [2.45, 2.75) is 44.6 Å². The van der Waals surface area contributed by atoms with E-state index in [2.05, 4.69) is 44.4 Å². The number of amides is 1. The van der Waals surface area contributed by atoms with Crippen molar-refractivity contribution in [3.8, 4) is 11.1 Å². The van der Waals surface area contributed by atoms with Gasteiger partial charge in [0.25, 0.3) is 5.91 Å². The third kappa shape index (κ3) is 5.48. The van der Waals surface area contributed by atoms with Crippen LogP contribution in [-0.2, 0) is 0 Å². The van der Waals surface area contributed by atoms with Gasteiger partial charge in [-0.3, -0.25) is 4.79 Å². The summed E-state index contributed by atoms with van der Waals surface area (Å²) in [6.45, 7) is 6.82. The Bertz CT molecular complexity index is 1040. The summed E-state index contributed by atoms with van der Waals surface area (Å²) in [5, 5.41) is 4.31. The number of likely N-dealkylation sites (tertiary alicyclic amines) is 2. The number of hydrogen-bond acceptors (Lipinski definition) is 3. The van der Waals surface area contributed by atoms with Crippen molar-refractivity contribution in [1.82, 2.24) is 20.1 Å². The summed E-state index contributed by atoms with van der Waals surface area (Å²) >= 11 is 0. The van der Waals surface area contributed by atoms with E-state index < -0.39 is 0 Å². The van der Waals surface area contributed by atoms with Crippen LogP contribution in [0.25, 0.3) is 22.0 Å². The van der Waals surface area contributed by atoms with E-state index in [-0.39, 0.29) is 5.91 Å². The maximum absolute atomic E-state index is 12.6. The maximum atomic E-state index is 12.6. The zero-order valence-corrected chi connectivity index (χ0v) is 19.6. The van der Waals surface area contributed by atoms with Crippen LogP contribution in [0.1, 0.15) is 48.9 Å². The monoisotopic (exact) mass is 444 g/mol. The Hall–Kier alpha value is -2.63. The van der Waals surface area contributed by atoms with Crippen LogP contribution in [-0.4, -0.2) is 66.0 Å². The van der Waals surface area contributed by atoms with Gasteiger partial charge in [-0.25, -0.2) is 0 Å². The van der Waals surface area contributed by atoms with Gasteiger partial charge in [-0.05, 0) is 106 Å². The van der Waals surface area contributed by atoms with Crippen LogP contribution >= 0.6 is 0 Å². The normalized spacial score (nSPS) is 18.5. The van der Waals surface area contributed by atoms with Gasteiger partial charge in [0.05, 0.1) is 0 Å². The largest absolute Gasteiger partial charge is 0.361 e. The van der Waals surface area contributed by atoms with Gasteiger partial charge in [0.1, 0.15) is 0 Å². The van der Waals surface area contributed by atoms with Crippen molar-refractivity contribution < 1.29 is 4.79 Å². The van der Waals surface area contributed by atoms with Gasteiger partial charge in [0.2, 0.25) is 0 Å². The third-order valence-corrected chi connectivity index (χ3v) is 7.44. The molecule has 0 atom stereocenters. The molecule has 2 fully saturated rings. The lowest BCUT2D eigenvalue weighted by molar-refractivity contribution is 0.0903. The molecule has 1 aromatic heterocycles. The highest BCUT2D eigenvalue weighted by atomic mass is 16.1. The summed E-state index contributed by atoms with van der Waals surface area (Å²) in [5.41, 5.74) is 4.13. The van der Waals surface area contributed by atoms with Gasteiger partial charge in [0, 0.05) is 29.9 Å². The number of piperidine rings is 2. The lowest BCUT2D eigenvalue weighted by atomic mass is 10.00. The summed E-state index contributed by atoms with van der Waals surface area (Å²) in [5.74, 6) is 0.0187. The lowest BCUT2D eigenvalue weighted by Gasteiger charge is -2.40. The Kier molecular flexibility index (Phi) is 7.08. The minimum absolute atomic E-state index is 0.0187. The molecule has 0 saturated carbocycles. The van der Waals surface area contributed by atoms with Crippen molar-refractivity contribution in [2.24, 2.45) is 0 Å². The second-order valence-electron chi connectivity index (χ2n) is 9.64.